The van der Waals surface area contributed by atoms with Crippen LogP contribution in [0.15, 0.2) is 78.9 Å². The Hall–Kier alpha value is -3.02. The zero-order valence-electron chi connectivity index (χ0n) is 17.3. The number of rotatable bonds is 5. The second-order valence-corrected chi connectivity index (χ2v) is 7.45. The topological polar surface area (TPSA) is 73.0 Å². The van der Waals surface area contributed by atoms with Gasteiger partial charge in [-0.3, -0.25) is 4.90 Å². The van der Waals surface area contributed by atoms with Gasteiger partial charge < -0.3 is 20.8 Å². The maximum absolute atomic E-state index is 9.04. The maximum atomic E-state index is 9.04. The van der Waals surface area contributed by atoms with Gasteiger partial charge in [0.2, 0.25) is 0 Å². The molecule has 1 heterocycles. The van der Waals surface area contributed by atoms with E-state index in [9.17, 15) is 0 Å². The number of hydrogen-bond donors (Lipinski definition) is 3. The summed E-state index contributed by atoms with van der Waals surface area (Å²) in [5.74, 6) is -0.179. The minimum atomic E-state index is -0.0919. The SMILES string of the molecule is NCCc1ccc(O)c(O)c1.c1ccc(CN2CCN(c3ccccc3)CC2)cc1. The first kappa shape index (κ1) is 21.7. The number of para-hydroxylation sites is 1. The minimum absolute atomic E-state index is 0.0871. The van der Waals surface area contributed by atoms with Crippen molar-refractivity contribution in [2.75, 3.05) is 37.6 Å². The van der Waals surface area contributed by atoms with Crippen molar-refractivity contribution in [2.45, 2.75) is 13.0 Å². The molecule has 1 aliphatic rings. The number of phenolic OH excluding ortho intramolecular Hbond substituents is 2. The summed E-state index contributed by atoms with van der Waals surface area (Å²) in [7, 11) is 0. The fraction of sp³-hybridized carbons (Fsp3) is 0.280. The zero-order valence-corrected chi connectivity index (χ0v) is 17.3. The van der Waals surface area contributed by atoms with E-state index in [1.165, 1.54) is 23.4 Å². The zero-order chi connectivity index (χ0) is 21.2. The molecule has 1 fully saturated rings. The number of benzene rings is 3. The fourth-order valence-electron chi connectivity index (χ4n) is 3.54. The van der Waals surface area contributed by atoms with Crippen LogP contribution in [0.3, 0.4) is 0 Å². The van der Waals surface area contributed by atoms with Gasteiger partial charge in [-0.25, -0.2) is 0 Å². The van der Waals surface area contributed by atoms with Crippen LogP contribution >= 0.6 is 0 Å². The molecule has 5 nitrogen and oxygen atoms in total. The van der Waals surface area contributed by atoms with E-state index in [0.29, 0.717) is 13.0 Å². The van der Waals surface area contributed by atoms with Gasteiger partial charge in [0.15, 0.2) is 11.5 Å². The highest BCUT2D eigenvalue weighted by molar-refractivity contribution is 5.46. The molecule has 1 saturated heterocycles. The molecule has 4 N–H and O–H groups in total. The van der Waals surface area contributed by atoms with E-state index in [2.05, 4.69) is 70.5 Å². The van der Waals surface area contributed by atoms with Crippen molar-refractivity contribution in [2.24, 2.45) is 5.73 Å². The second-order valence-electron chi connectivity index (χ2n) is 7.45. The van der Waals surface area contributed by atoms with Gasteiger partial charge in [-0.15, -0.1) is 0 Å². The molecule has 0 saturated carbocycles. The fourth-order valence-corrected chi connectivity index (χ4v) is 3.54. The first-order chi connectivity index (χ1) is 14.7. The van der Waals surface area contributed by atoms with Crippen molar-refractivity contribution in [3.8, 4) is 11.5 Å². The van der Waals surface area contributed by atoms with Crippen LogP contribution in [0.2, 0.25) is 0 Å². The third-order valence-electron chi connectivity index (χ3n) is 5.22. The predicted molar refractivity (Wildman–Crippen MR) is 123 cm³/mol. The van der Waals surface area contributed by atoms with Gasteiger partial charge in [0.05, 0.1) is 0 Å². The number of anilines is 1. The molecule has 4 rings (SSSR count). The van der Waals surface area contributed by atoms with Crippen molar-refractivity contribution in [1.29, 1.82) is 0 Å². The lowest BCUT2D eigenvalue weighted by atomic mass is 10.1. The van der Waals surface area contributed by atoms with Gasteiger partial charge in [-0.2, -0.15) is 0 Å². The molecule has 0 amide bonds. The van der Waals surface area contributed by atoms with Crippen molar-refractivity contribution >= 4 is 5.69 Å². The molecule has 0 aromatic heterocycles. The third kappa shape index (κ3) is 6.51. The number of nitrogens with two attached hydrogens (primary N) is 1. The lowest BCUT2D eigenvalue weighted by Gasteiger charge is -2.36. The van der Waals surface area contributed by atoms with Gasteiger partial charge in [-0.05, 0) is 48.4 Å². The lowest BCUT2D eigenvalue weighted by molar-refractivity contribution is 0.250. The van der Waals surface area contributed by atoms with E-state index in [4.69, 9.17) is 15.9 Å². The van der Waals surface area contributed by atoms with E-state index in [0.717, 1.165) is 38.3 Å². The molecule has 0 bridgehead atoms. The van der Waals surface area contributed by atoms with Gasteiger partial charge in [0.1, 0.15) is 0 Å². The van der Waals surface area contributed by atoms with Crippen molar-refractivity contribution in [1.82, 2.24) is 4.90 Å². The standard InChI is InChI=1S/C17H20N2.C8H11NO2/c1-3-7-16(8-4-1)15-18-11-13-19(14-12-18)17-9-5-2-6-10-17;9-4-3-6-1-2-7(10)8(11)5-6/h1-10H,11-15H2;1-2,5,10-11H,3-4,9H2. The Morgan fingerprint density at radius 3 is 1.93 bits per heavy atom. The number of nitrogens with zero attached hydrogens (tertiary/aromatic N) is 2. The summed E-state index contributed by atoms with van der Waals surface area (Å²) in [6.07, 6.45) is 0.716. The molecule has 3 aromatic rings. The largest absolute Gasteiger partial charge is 0.504 e. The summed E-state index contributed by atoms with van der Waals surface area (Å²) in [6.45, 7) is 6.15. The normalized spacial score (nSPS) is 14.1. The number of aromatic hydroxyl groups is 2. The van der Waals surface area contributed by atoms with Crippen molar-refractivity contribution in [3.05, 3.63) is 90.0 Å². The van der Waals surface area contributed by atoms with Crippen molar-refractivity contribution in [3.63, 3.8) is 0 Å². The Labute approximate surface area is 179 Å². The Morgan fingerprint density at radius 2 is 1.33 bits per heavy atom. The molecule has 1 aliphatic heterocycles. The van der Waals surface area contributed by atoms with E-state index >= 15 is 0 Å². The van der Waals surface area contributed by atoms with Crippen LogP contribution in [-0.2, 0) is 13.0 Å². The second kappa shape index (κ2) is 11.2. The monoisotopic (exact) mass is 405 g/mol. The van der Waals surface area contributed by atoms with Crippen LogP contribution in [-0.4, -0.2) is 47.8 Å². The van der Waals surface area contributed by atoms with Crippen LogP contribution in [0.4, 0.5) is 5.69 Å². The van der Waals surface area contributed by atoms with Gasteiger partial charge in [-0.1, -0.05) is 54.6 Å². The molecule has 0 unspecified atom stereocenters. The van der Waals surface area contributed by atoms with E-state index < -0.39 is 0 Å². The Bertz CT molecular complexity index is 879. The van der Waals surface area contributed by atoms with Crippen LogP contribution in [0, 0.1) is 0 Å². The van der Waals surface area contributed by atoms with E-state index in [1.54, 1.807) is 6.07 Å². The molecule has 3 aromatic carbocycles. The van der Waals surface area contributed by atoms with Gasteiger partial charge in [0.25, 0.3) is 0 Å². The van der Waals surface area contributed by atoms with E-state index in [-0.39, 0.29) is 11.5 Å². The molecule has 0 atom stereocenters. The first-order valence-electron chi connectivity index (χ1n) is 10.4. The summed E-state index contributed by atoms with van der Waals surface area (Å²) in [4.78, 5) is 5.01. The van der Waals surface area contributed by atoms with Crippen LogP contribution in [0.5, 0.6) is 11.5 Å². The molecule has 30 heavy (non-hydrogen) atoms. The minimum Gasteiger partial charge on any atom is -0.504 e. The summed E-state index contributed by atoms with van der Waals surface area (Å²) >= 11 is 0. The summed E-state index contributed by atoms with van der Waals surface area (Å²) in [5, 5.41) is 18.0. The number of hydrogen-bond acceptors (Lipinski definition) is 5. The molecule has 0 aliphatic carbocycles. The predicted octanol–water partition coefficient (Wildman–Crippen LogP) is 3.61. The quantitative estimate of drug-likeness (QED) is 0.566. The summed E-state index contributed by atoms with van der Waals surface area (Å²) in [5.41, 5.74) is 9.00. The Morgan fingerprint density at radius 1 is 0.700 bits per heavy atom. The molecular formula is C25H31N3O2. The van der Waals surface area contributed by atoms with Gasteiger partial charge >= 0.3 is 0 Å². The first-order valence-corrected chi connectivity index (χ1v) is 10.4. The average Bonchev–Trinajstić information content (AvgIpc) is 2.79. The summed E-state index contributed by atoms with van der Waals surface area (Å²) < 4.78 is 0. The van der Waals surface area contributed by atoms with E-state index in [1.807, 2.05) is 0 Å². The smallest absolute Gasteiger partial charge is 0.157 e. The molecule has 0 radical (unpaired) electrons. The maximum Gasteiger partial charge on any atom is 0.157 e. The van der Waals surface area contributed by atoms with Crippen molar-refractivity contribution < 1.29 is 10.2 Å². The van der Waals surface area contributed by atoms with Crippen LogP contribution < -0.4 is 10.6 Å². The third-order valence-corrected chi connectivity index (χ3v) is 5.22. The van der Waals surface area contributed by atoms with Gasteiger partial charge in [0, 0.05) is 38.4 Å². The molecule has 158 valence electrons. The molecule has 5 heteroatoms. The summed E-state index contributed by atoms with van der Waals surface area (Å²) in [6, 6.07) is 26.2. The highest BCUT2D eigenvalue weighted by Crippen LogP contribution is 2.24. The van der Waals surface area contributed by atoms with Crippen LogP contribution in [0.25, 0.3) is 0 Å². The highest BCUT2D eigenvalue weighted by atomic mass is 16.3. The molecule has 0 spiro atoms. The average molecular weight is 406 g/mol. The van der Waals surface area contributed by atoms with Crippen LogP contribution in [0.1, 0.15) is 11.1 Å². The Kier molecular flexibility index (Phi) is 8.12. The number of piperazine rings is 1. The number of phenols is 2. The lowest BCUT2D eigenvalue weighted by Crippen LogP contribution is -2.45. The molecular weight excluding hydrogens is 374 g/mol. The highest BCUT2D eigenvalue weighted by Gasteiger charge is 2.16. The Balaban J connectivity index is 0.000000199.